The molecular formula is C17H22F3N3O4. The van der Waals surface area contributed by atoms with Crippen molar-refractivity contribution in [1.29, 1.82) is 0 Å². The molecule has 3 rings (SSSR count). The summed E-state index contributed by atoms with van der Waals surface area (Å²) in [4.78, 5) is 14.1. The Morgan fingerprint density at radius 2 is 1.93 bits per heavy atom. The number of anilines is 2. The monoisotopic (exact) mass is 389 g/mol. The van der Waals surface area contributed by atoms with Crippen LogP contribution in [0.15, 0.2) is 18.2 Å². The smallest absolute Gasteiger partial charge is 0.378 e. The minimum Gasteiger partial charge on any atom is -0.378 e. The zero-order chi connectivity index (χ0) is 19.3. The van der Waals surface area contributed by atoms with E-state index >= 15 is 0 Å². The fourth-order valence-corrected chi connectivity index (χ4v) is 2.92. The molecule has 0 aromatic heterocycles. The summed E-state index contributed by atoms with van der Waals surface area (Å²) in [6, 6.07) is 2.74. The molecule has 0 saturated carbocycles. The number of halogens is 3. The highest BCUT2D eigenvalue weighted by Crippen LogP contribution is 2.35. The second-order valence-corrected chi connectivity index (χ2v) is 6.23. The summed E-state index contributed by atoms with van der Waals surface area (Å²) in [5.41, 5.74) is -0.192. The van der Waals surface area contributed by atoms with Gasteiger partial charge in [-0.15, -0.1) is 0 Å². The zero-order valence-corrected chi connectivity index (χ0v) is 14.7. The Morgan fingerprint density at radius 1 is 1.15 bits per heavy atom. The number of alkyl halides is 3. The highest BCUT2D eigenvalue weighted by molar-refractivity contribution is 5.93. The molecule has 2 heterocycles. The molecule has 10 heteroatoms. The van der Waals surface area contributed by atoms with Crippen LogP contribution < -0.4 is 15.5 Å². The van der Waals surface area contributed by atoms with Crippen molar-refractivity contribution < 1.29 is 32.2 Å². The minimum atomic E-state index is -4.50. The Morgan fingerprint density at radius 3 is 2.59 bits per heavy atom. The van der Waals surface area contributed by atoms with E-state index in [-0.39, 0.29) is 18.3 Å². The van der Waals surface area contributed by atoms with Crippen LogP contribution in [0.25, 0.3) is 0 Å². The standard InChI is InChI=1S/C17H22F3N3O4/c18-17(19,20)12-1-2-15(23-3-5-25-6-4-23)14(9-12)22-16(24)21-10-13-11-26-7-8-27-13/h1-2,9,13H,3-8,10-11H2,(H2,21,22,24). The van der Waals surface area contributed by atoms with Crippen molar-refractivity contribution in [2.24, 2.45) is 0 Å². The van der Waals surface area contributed by atoms with Crippen molar-refractivity contribution in [2.75, 3.05) is 62.9 Å². The first-order valence-corrected chi connectivity index (χ1v) is 8.71. The highest BCUT2D eigenvalue weighted by Gasteiger charge is 2.32. The largest absolute Gasteiger partial charge is 0.416 e. The van der Waals surface area contributed by atoms with Gasteiger partial charge >= 0.3 is 12.2 Å². The molecule has 1 atom stereocenters. The molecule has 1 aromatic carbocycles. The third kappa shape index (κ3) is 5.47. The number of urea groups is 1. The third-order valence-corrected chi connectivity index (χ3v) is 4.30. The molecular weight excluding hydrogens is 367 g/mol. The van der Waals surface area contributed by atoms with Gasteiger partial charge in [0.05, 0.1) is 56.1 Å². The normalized spacial score (nSPS) is 21.0. The Balaban J connectivity index is 1.70. The first-order chi connectivity index (χ1) is 12.9. The van der Waals surface area contributed by atoms with Crippen molar-refractivity contribution in [3.63, 3.8) is 0 Å². The molecule has 1 aromatic rings. The number of carbonyl (C=O) groups is 1. The SMILES string of the molecule is O=C(NCC1COCCO1)Nc1cc(C(F)(F)F)ccc1N1CCOCC1. The van der Waals surface area contributed by atoms with Crippen molar-refractivity contribution >= 4 is 17.4 Å². The van der Waals surface area contributed by atoms with Gasteiger partial charge in [0.25, 0.3) is 0 Å². The Labute approximate surface area is 154 Å². The topological polar surface area (TPSA) is 72.1 Å². The number of amides is 2. The van der Waals surface area contributed by atoms with Gasteiger partial charge in [-0.2, -0.15) is 13.2 Å². The first-order valence-electron chi connectivity index (χ1n) is 8.71. The predicted octanol–water partition coefficient (Wildman–Crippen LogP) is 2.08. The fraction of sp³-hybridized carbons (Fsp3) is 0.588. The number of benzene rings is 1. The van der Waals surface area contributed by atoms with Gasteiger partial charge in [0.15, 0.2) is 0 Å². The second kappa shape index (κ2) is 8.77. The van der Waals surface area contributed by atoms with Crippen LogP contribution in [0.3, 0.4) is 0 Å². The fourth-order valence-electron chi connectivity index (χ4n) is 2.92. The lowest BCUT2D eigenvalue weighted by molar-refractivity contribution is -0.137. The van der Waals surface area contributed by atoms with Crippen molar-refractivity contribution in [3.8, 4) is 0 Å². The van der Waals surface area contributed by atoms with E-state index < -0.39 is 17.8 Å². The van der Waals surface area contributed by atoms with Crippen LogP contribution in [-0.4, -0.2) is 64.8 Å². The summed E-state index contributed by atoms with van der Waals surface area (Å²) in [6.07, 6.45) is -4.77. The molecule has 2 saturated heterocycles. The maximum atomic E-state index is 13.1. The van der Waals surface area contributed by atoms with Crippen LogP contribution in [0.2, 0.25) is 0 Å². The number of nitrogens with one attached hydrogen (secondary N) is 2. The van der Waals surface area contributed by atoms with Gasteiger partial charge in [-0.25, -0.2) is 4.79 Å². The van der Waals surface area contributed by atoms with E-state index in [1.807, 2.05) is 4.90 Å². The minimum absolute atomic E-state index is 0.102. The molecule has 2 amide bonds. The van der Waals surface area contributed by atoms with Crippen LogP contribution in [0, 0.1) is 0 Å². The first kappa shape index (κ1) is 19.7. The van der Waals surface area contributed by atoms with Crippen molar-refractivity contribution in [3.05, 3.63) is 23.8 Å². The Bertz CT molecular complexity index is 645. The molecule has 27 heavy (non-hydrogen) atoms. The van der Waals surface area contributed by atoms with E-state index in [1.54, 1.807) is 0 Å². The molecule has 0 aliphatic carbocycles. The Hall–Kier alpha value is -2.04. The van der Waals surface area contributed by atoms with Crippen molar-refractivity contribution in [2.45, 2.75) is 12.3 Å². The molecule has 7 nitrogen and oxygen atoms in total. The number of carbonyl (C=O) groups excluding carboxylic acids is 1. The van der Waals surface area contributed by atoms with Gasteiger partial charge in [-0.1, -0.05) is 0 Å². The number of ether oxygens (including phenoxy) is 3. The van der Waals surface area contributed by atoms with E-state index in [4.69, 9.17) is 14.2 Å². The van der Waals surface area contributed by atoms with Gasteiger partial charge in [0, 0.05) is 19.6 Å². The summed E-state index contributed by atoms with van der Waals surface area (Å²) in [5.74, 6) is 0. The number of rotatable bonds is 4. The highest BCUT2D eigenvalue weighted by atomic mass is 19.4. The van der Waals surface area contributed by atoms with Gasteiger partial charge < -0.3 is 29.7 Å². The van der Waals surface area contributed by atoms with Gasteiger partial charge in [-0.05, 0) is 18.2 Å². The van der Waals surface area contributed by atoms with Crippen molar-refractivity contribution in [1.82, 2.24) is 5.32 Å². The average Bonchev–Trinajstić information content (AvgIpc) is 2.67. The van der Waals surface area contributed by atoms with Crippen LogP contribution in [0.1, 0.15) is 5.56 Å². The lowest BCUT2D eigenvalue weighted by Crippen LogP contribution is -2.41. The summed E-state index contributed by atoms with van der Waals surface area (Å²) >= 11 is 0. The van der Waals surface area contributed by atoms with Gasteiger partial charge in [0.1, 0.15) is 0 Å². The average molecular weight is 389 g/mol. The molecule has 0 radical (unpaired) electrons. The zero-order valence-electron chi connectivity index (χ0n) is 14.7. The van der Waals surface area contributed by atoms with Gasteiger partial charge in [0.2, 0.25) is 0 Å². The Kier molecular flexibility index (Phi) is 6.40. The molecule has 0 spiro atoms. The number of nitrogens with zero attached hydrogens (tertiary/aromatic N) is 1. The molecule has 0 bridgehead atoms. The van der Waals surface area contributed by atoms with E-state index in [9.17, 15) is 18.0 Å². The molecule has 2 aliphatic rings. The summed E-state index contributed by atoms with van der Waals surface area (Å²) in [5, 5.41) is 5.14. The molecule has 2 N–H and O–H groups in total. The van der Waals surface area contributed by atoms with Crippen LogP contribution in [0.5, 0.6) is 0 Å². The second-order valence-electron chi connectivity index (χ2n) is 6.23. The maximum Gasteiger partial charge on any atom is 0.416 e. The van der Waals surface area contributed by atoms with E-state index in [0.29, 0.717) is 51.8 Å². The van der Waals surface area contributed by atoms with E-state index in [2.05, 4.69) is 10.6 Å². The number of hydrogen-bond acceptors (Lipinski definition) is 5. The van der Waals surface area contributed by atoms with Crippen LogP contribution >= 0.6 is 0 Å². The molecule has 2 aliphatic heterocycles. The molecule has 2 fully saturated rings. The molecule has 1 unspecified atom stereocenters. The number of hydrogen-bond donors (Lipinski definition) is 2. The quantitative estimate of drug-likeness (QED) is 0.825. The van der Waals surface area contributed by atoms with Gasteiger partial charge in [-0.3, -0.25) is 0 Å². The predicted molar refractivity (Wildman–Crippen MR) is 92.1 cm³/mol. The summed E-state index contributed by atoms with van der Waals surface area (Å²) in [6.45, 7) is 3.56. The summed E-state index contributed by atoms with van der Waals surface area (Å²) < 4.78 is 55.2. The number of morpholine rings is 1. The van der Waals surface area contributed by atoms with Crippen LogP contribution in [-0.2, 0) is 20.4 Å². The van der Waals surface area contributed by atoms with Crippen LogP contribution in [0.4, 0.5) is 29.3 Å². The maximum absolute atomic E-state index is 13.1. The van der Waals surface area contributed by atoms with E-state index in [0.717, 1.165) is 12.1 Å². The lowest BCUT2D eigenvalue weighted by Gasteiger charge is -2.31. The molecule has 150 valence electrons. The lowest BCUT2D eigenvalue weighted by atomic mass is 10.1. The van der Waals surface area contributed by atoms with E-state index in [1.165, 1.54) is 6.07 Å². The summed E-state index contributed by atoms with van der Waals surface area (Å²) in [7, 11) is 0. The third-order valence-electron chi connectivity index (χ3n) is 4.30.